The molecule has 1 aromatic heterocycles. The van der Waals surface area contributed by atoms with Crippen LogP contribution in [0.3, 0.4) is 0 Å². The molecule has 1 heterocycles. The molecule has 0 aliphatic heterocycles. The second kappa shape index (κ2) is 7.60. The number of hydrogen-bond donors (Lipinski definition) is 1. The normalized spacial score (nSPS) is 11.4. The molecule has 6 nitrogen and oxygen atoms in total. The Kier molecular flexibility index (Phi) is 5.54. The minimum Gasteiger partial charge on any atom is -0.496 e. The van der Waals surface area contributed by atoms with E-state index in [2.05, 4.69) is 10.3 Å². The SMILES string of the molecule is COc1ccccc1C(=O)O[C@@H](C)C(=O)Nc1ccc(Cl)cn1. The summed E-state index contributed by atoms with van der Waals surface area (Å²) in [6.45, 7) is 1.47. The lowest BCUT2D eigenvalue weighted by Crippen LogP contribution is -2.30. The van der Waals surface area contributed by atoms with Crippen LogP contribution in [-0.4, -0.2) is 30.1 Å². The van der Waals surface area contributed by atoms with E-state index in [1.165, 1.54) is 20.2 Å². The summed E-state index contributed by atoms with van der Waals surface area (Å²) in [5.41, 5.74) is 0.249. The Morgan fingerprint density at radius 3 is 2.61 bits per heavy atom. The van der Waals surface area contributed by atoms with Gasteiger partial charge in [-0.05, 0) is 31.2 Å². The van der Waals surface area contributed by atoms with E-state index in [0.29, 0.717) is 16.6 Å². The van der Waals surface area contributed by atoms with E-state index in [9.17, 15) is 9.59 Å². The highest BCUT2D eigenvalue weighted by Crippen LogP contribution is 2.19. The van der Waals surface area contributed by atoms with Crippen molar-refractivity contribution in [2.75, 3.05) is 12.4 Å². The summed E-state index contributed by atoms with van der Waals surface area (Å²) in [5.74, 6) is -0.443. The van der Waals surface area contributed by atoms with E-state index in [1.54, 1.807) is 36.4 Å². The lowest BCUT2D eigenvalue weighted by molar-refractivity contribution is -0.123. The number of hydrogen-bond acceptors (Lipinski definition) is 5. The number of para-hydroxylation sites is 1. The number of benzene rings is 1. The minimum absolute atomic E-state index is 0.249. The second-order valence-corrected chi connectivity index (χ2v) is 5.04. The van der Waals surface area contributed by atoms with Gasteiger partial charge in [0.05, 0.1) is 12.1 Å². The second-order valence-electron chi connectivity index (χ2n) is 4.60. The summed E-state index contributed by atoms with van der Waals surface area (Å²) in [4.78, 5) is 28.1. The zero-order valence-electron chi connectivity index (χ0n) is 12.6. The van der Waals surface area contributed by atoms with Gasteiger partial charge in [-0.1, -0.05) is 23.7 Å². The fraction of sp³-hybridized carbons (Fsp3) is 0.188. The first-order valence-corrected chi connectivity index (χ1v) is 7.15. The van der Waals surface area contributed by atoms with Gasteiger partial charge in [-0.15, -0.1) is 0 Å². The summed E-state index contributed by atoms with van der Waals surface area (Å²) in [7, 11) is 1.45. The highest BCUT2D eigenvalue weighted by Gasteiger charge is 2.21. The van der Waals surface area contributed by atoms with Crippen molar-refractivity contribution in [3.8, 4) is 5.75 Å². The first-order valence-electron chi connectivity index (χ1n) is 6.77. The van der Waals surface area contributed by atoms with Crippen LogP contribution in [0.1, 0.15) is 17.3 Å². The van der Waals surface area contributed by atoms with Gasteiger partial charge < -0.3 is 14.8 Å². The Hall–Kier alpha value is -2.60. The van der Waals surface area contributed by atoms with Gasteiger partial charge >= 0.3 is 5.97 Å². The van der Waals surface area contributed by atoms with E-state index in [4.69, 9.17) is 21.1 Å². The number of aromatic nitrogens is 1. The molecule has 2 aromatic rings. The Morgan fingerprint density at radius 1 is 1.22 bits per heavy atom. The van der Waals surface area contributed by atoms with Crippen molar-refractivity contribution in [3.05, 3.63) is 53.2 Å². The molecular formula is C16H15ClN2O4. The van der Waals surface area contributed by atoms with Gasteiger partial charge in [0.15, 0.2) is 6.10 Å². The number of pyridine rings is 1. The predicted octanol–water partition coefficient (Wildman–Crippen LogP) is 2.93. The van der Waals surface area contributed by atoms with Gasteiger partial charge in [0.1, 0.15) is 17.1 Å². The Labute approximate surface area is 138 Å². The van der Waals surface area contributed by atoms with Crippen molar-refractivity contribution in [3.63, 3.8) is 0 Å². The average Bonchev–Trinajstić information content (AvgIpc) is 2.56. The molecule has 2 rings (SSSR count). The van der Waals surface area contributed by atoms with Gasteiger partial charge in [0.2, 0.25) is 0 Å². The van der Waals surface area contributed by atoms with Gasteiger partial charge in [-0.3, -0.25) is 4.79 Å². The number of carbonyl (C=O) groups is 2. The number of halogens is 1. The van der Waals surface area contributed by atoms with Crippen LogP contribution in [0.5, 0.6) is 5.75 Å². The standard InChI is InChI=1S/C16H15ClN2O4/c1-10(15(20)19-14-8-7-11(17)9-18-14)23-16(21)12-5-3-4-6-13(12)22-2/h3-10H,1-2H3,(H,18,19,20)/t10-/m0/s1. The van der Waals surface area contributed by atoms with Crippen LogP contribution in [0, 0.1) is 0 Å². The first-order chi connectivity index (χ1) is 11.0. The molecule has 0 unspecified atom stereocenters. The van der Waals surface area contributed by atoms with Crippen LogP contribution >= 0.6 is 11.6 Å². The molecule has 0 radical (unpaired) electrons. The third-order valence-electron chi connectivity index (χ3n) is 2.96. The summed E-state index contributed by atoms with van der Waals surface area (Å²) < 4.78 is 10.2. The Balaban J connectivity index is 2.00. The monoisotopic (exact) mass is 334 g/mol. The van der Waals surface area contributed by atoms with Gasteiger partial charge in [0.25, 0.3) is 5.91 Å². The fourth-order valence-corrected chi connectivity index (χ4v) is 1.88. The van der Waals surface area contributed by atoms with Gasteiger partial charge in [0, 0.05) is 6.20 Å². The maximum Gasteiger partial charge on any atom is 0.342 e. The zero-order chi connectivity index (χ0) is 16.8. The van der Waals surface area contributed by atoms with Crippen molar-refractivity contribution in [2.24, 2.45) is 0 Å². The van der Waals surface area contributed by atoms with Crippen LogP contribution in [0.15, 0.2) is 42.6 Å². The molecule has 23 heavy (non-hydrogen) atoms. The minimum atomic E-state index is -0.995. The number of carbonyl (C=O) groups excluding carboxylic acids is 2. The molecule has 120 valence electrons. The lowest BCUT2D eigenvalue weighted by Gasteiger charge is -2.14. The quantitative estimate of drug-likeness (QED) is 0.851. The van der Waals surface area contributed by atoms with Crippen molar-refractivity contribution in [2.45, 2.75) is 13.0 Å². The molecule has 0 bridgehead atoms. The first kappa shape index (κ1) is 16.8. The fourth-order valence-electron chi connectivity index (χ4n) is 1.77. The molecule has 0 saturated carbocycles. The largest absolute Gasteiger partial charge is 0.496 e. The molecule has 0 aliphatic carbocycles. The number of methoxy groups -OCH3 is 1. The molecule has 1 amide bonds. The number of anilines is 1. The van der Waals surface area contributed by atoms with Gasteiger partial charge in [-0.2, -0.15) is 0 Å². The Morgan fingerprint density at radius 2 is 1.96 bits per heavy atom. The molecule has 1 atom stereocenters. The lowest BCUT2D eigenvalue weighted by atomic mass is 10.2. The van der Waals surface area contributed by atoms with Crippen molar-refractivity contribution >= 4 is 29.3 Å². The smallest absolute Gasteiger partial charge is 0.342 e. The summed E-state index contributed by atoms with van der Waals surface area (Å²) in [6.07, 6.45) is 0.410. The van der Waals surface area contributed by atoms with Crippen molar-refractivity contribution < 1.29 is 19.1 Å². The van der Waals surface area contributed by atoms with E-state index in [-0.39, 0.29) is 5.56 Å². The van der Waals surface area contributed by atoms with Crippen molar-refractivity contribution in [1.82, 2.24) is 4.98 Å². The summed E-state index contributed by atoms with van der Waals surface area (Å²) >= 11 is 5.72. The molecule has 0 saturated heterocycles. The molecule has 0 spiro atoms. The van der Waals surface area contributed by atoms with Crippen molar-refractivity contribution in [1.29, 1.82) is 0 Å². The number of esters is 1. The van der Waals surface area contributed by atoms with E-state index in [1.807, 2.05) is 0 Å². The molecular weight excluding hydrogens is 320 g/mol. The number of rotatable bonds is 5. The van der Waals surface area contributed by atoms with E-state index < -0.39 is 18.0 Å². The number of ether oxygens (including phenoxy) is 2. The number of nitrogens with one attached hydrogen (secondary N) is 1. The van der Waals surface area contributed by atoms with Crippen LogP contribution in [0.25, 0.3) is 0 Å². The highest BCUT2D eigenvalue weighted by molar-refractivity contribution is 6.30. The summed E-state index contributed by atoms with van der Waals surface area (Å²) in [5, 5.41) is 2.99. The topological polar surface area (TPSA) is 77.5 Å². The maximum absolute atomic E-state index is 12.1. The predicted molar refractivity (Wildman–Crippen MR) is 85.7 cm³/mol. The Bertz CT molecular complexity index is 703. The molecule has 0 fully saturated rings. The zero-order valence-corrected chi connectivity index (χ0v) is 13.3. The maximum atomic E-state index is 12.1. The van der Waals surface area contributed by atoms with E-state index in [0.717, 1.165) is 0 Å². The average molecular weight is 335 g/mol. The third-order valence-corrected chi connectivity index (χ3v) is 3.18. The number of amides is 1. The third kappa shape index (κ3) is 4.43. The number of nitrogens with zero attached hydrogens (tertiary/aromatic N) is 1. The van der Waals surface area contributed by atoms with Crippen LogP contribution in [0.2, 0.25) is 5.02 Å². The van der Waals surface area contributed by atoms with Crippen LogP contribution in [0.4, 0.5) is 5.82 Å². The molecule has 1 N–H and O–H groups in total. The van der Waals surface area contributed by atoms with Crippen LogP contribution in [-0.2, 0) is 9.53 Å². The molecule has 1 aromatic carbocycles. The van der Waals surface area contributed by atoms with E-state index >= 15 is 0 Å². The molecule has 7 heteroatoms. The summed E-state index contributed by atoms with van der Waals surface area (Å²) in [6, 6.07) is 9.76. The van der Waals surface area contributed by atoms with Crippen LogP contribution < -0.4 is 10.1 Å². The molecule has 0 aliphatic rings. The highest BCUT2D eigenvalue weighted by atomic mass is 35.5. The van der Waals surface area contributed by atoms with Gasteiger partial charge in [-0.25, -0.2) is 9.78 Å².